The van der Waals surface area contributed by atoms with E-state index in [0.717, 1.165) is 5.69 Å². The fraction of sp³-hybridized carbons (Fsp3) is 0.167. The molecule has 4 rings (SSSR count). The van der Waals surface area contributed by atoms with Crippen LogP contribution in [0.4, 0.5) is 0 Å². The van der Waals surface area contributed by atoms with Crippen molar-refractivity contribution in [1.29, 1.82) is 0 Å². The summed E-state index contributed by atoms with van der Waals surface area (Å²) < 4.78 is 14.0. The number of methoxy groups -OCH3 is 1. The van der Waals surface area contributed by atoms with Crippen LogP contribution in [0.1, 0.15) is 11.6 Å². The van der Waals surface area contributed by atoms with E-state index >= 15 is 0 Å². The van der Waals surface area contributed by atoms with Crippen LogP contribution in [-0.4, -0.2) is 42.2 Å². The number of ether oxygens (including phenoxy) is 2. The third-order valence-corrected chi connectivity index (χ3v) is 4.95. The van der Waals surface area contributed by atoms with Crippen LogP contribution in [0.15, 0.2) is 59.8 Å². The number of benzene rings is 2. The Kier molecular flexibility index (Phi) is 5.56. The number of thioether (sulfide) groups is 1. The molecule has 0 aliphatic heterocycles. The molecule has 2 heterocycles. The molecular formula is C18H18N8O2S. The molecule has 0 unspecified atom stereocenters. The average Bonchev–Trinajstić information content (AvgIpc) is 3.38. The number of para-hydroxylation sites is 1. The van der Waals surface area contributed by atoms with Gasteiger partial charge in [0.2, 0.25) is 5.16 Å². The van der Waals surface area contributed by atoms with E-state index in [1.807, 2.05) is 48.5 Å². The minimum Gasteiger partial charge on any atom is -0.497 e. The fourth-order valence-electron chi connectivity index (χ4n) is 2.54. The van der Waals surface area contributed by atoms with Crippen LogP contribution in [0, 0.1) is 0 Å². The number of aromatic nitrogens is 7. The summed E-state index contributed by atoms with van der Waals surface area (Å²) in [5, 5.41) is 20.7. The Hall–Kier alpha value is -3.60. The highest BCUT2D eigenvalue weighted by Gasteiger charge is 2.14. The zero-order valence-corrected chi connectivity index (χ0v) is 16.4. The number of nitrogens with zero attached hydrogens (tertiary/aromatic N) is 7. The van der Waals surface area contributed by atoms with Crippen molar-refractivity contribution in [1.82, 2.24) is 35.1 Å². The molecule has 0 atom stereocenters. The molecule has 0 fully saturated rings. The van der Waals surface area contributed by atoms with Gasteiger partial charge in [-0.05, 0) is 34.7 Å². The summed E-state index contributed by atoms with van der Waals surface area (Å²) in [6.07, 6.45) is 0. The van der Waals surface area contributed by atoms with E-state index in [1.165, 1.54) is 16.4 Å². The first-order chi connectivity index (χ1) is 14.2. The van der Waals surface area contributed by atoms with E-state index in [9.17, 15) is 0 Å². The molecule has 11 heteroatoms. The van der Waals surface area contributed by atoms with Gasteiger partial charge in [-0.15, -0.1) is 15.3 Å². The monoisotopic (exact) mass is 410 g/mol. The summed E-state index contributed by atoms with van der Waals surface area (Å²) in [7, 11) is 1.60. The van der Waals surface area contributed by atoms with E-state index in [4.69, 9.17) is 15.3 Å². The summed E-state index contributed by atoms with van der Waals surface area (Å²) >= 11 is 1.39. The quantitative estimate of drug-likeness (QED) is 0.343. The highest BCUT2D eigenvalue weighted by Crippen LogP contribution is 2.22. The van der Waals surface area contributed by atoms with Crippen molar-refractivity contribution in [3.8, 4) is 17.2 Å². The van der Waals surface area contributed by atoms with Gasteiger partial charge in [0.25, 0.3) is 0 Å². The van der Waals surface area contributed by atoms with Gasteiger partial charge in [-0.1, -0.05) is 36.0 Å². The maximum absolute atomic E-state index is 6.12. The maximum Gasteiger partial charge on any atom is 0.210 e. The Labute approximate surface area is 170 Å². The van der Waals surface area contributed by atoms with Crippen molar-refractivity contribution in [2.24, 2.45) is 0 Å². The number of tetrazole rings is 1. The maximum atomic E-state index is 6.12. The van der Waals surface area contributed by atoms with Gasteiger partial charge in [0.05, 0.1) is 18.6 Å². The fourth-order valence-corrected chi connectivity index (χ4v) is 3.32. The van der Waals surface area contributed by atoms with E-state index in [2.05, 4.69) is 25.7 Å². The molecule has 148 valence electrons. The predicted molar refractivity (Wildman–Crippen MR) is 106 cm³/mol. The standard InChI is InChI=1S/C18H18N8O2S/c1-27-14-8-5-9-15(10-14)28-11-16-20-22-18(25(16)19)29-12-17-21-23-24-26(17)13-6-3-2-4-7-13/h2-10H,11-12,19H2,1H3. The first-order valence-corrected chi connectivity index (χ1v) is 9.65. The number of hydrogen-bond donors (Lipinski definition) is 1. The van der Waals surface area contributed by atoms with Gasteiger partial charge < -0.3 is 15.3 Å². The second-order valence-electron chi connectivity index (χ2n) is 5.87. The van der Waals surface area contributed by atoms with Crippen molar-refractivity contribution >= 4 is 11.8 Å². The van der Waals surface area contributed by atoms with Crippen molar-refractivity contribution < 1.29 is 9.47 Å². The third kappa shape index (κ3) is 4.29. The minimum atomic E-state index is 0.180. The molecule has 2 aromatic carbocycles. The number of nitrogen functional groups attached to an aromatic ring is 1. The predicted octanol–water partition coefficient (Wildman–Crippen LogP) is 1.85. The summed E-state index contributed by atoms with van der Waals surface area (Å²) in [6, 6.07) is 17.0. The Morgan fingerprint density at radius 2 is 1.79 bits per heavy atom. The van der Waals surface area contributed by atoms with Gasteiger partial charge in [0.1, 0.15) is 18.1 Å². The van der Waals surface area contributed by atoms with Crippen LogP contribution >= 0.6 is 11.8 Å². The molecule has 0 aliphatic carbocycles. The molecule has 0 saturated heterocycles. The van der Waals surface area contributed by atoms with Crippen molar-refractivity contribution in [2.45, 2.75) is 17.5 Å². The molecule has 10 nitrogen and oxygen atoms in total. The zero-order valence-electron chi connectivity index (χ0n) is 15.5. The molecule has 2 N–H and O–H groups in total. The molecule has 0 bridgehead atoms. The lowest BCUT2D eigenvalue weighted by molar-refractivity contribution is 0.289. The van der Waals surface area contributed by atoms with E-state index in [0.29, 0.717) is 34.1 Å². The van der Waals surface area contributed by atoms with Crippen LogP contribution in [0.3, 0.4) is 0 Å². The molecule has 4 aromatic rings. The van der Waals surface area contributed by atoms with Crippen LogP contribution in [-0.2, 0) is 12.4 Å². The van der Waals surface area contributed by atoms with Gasteiger partial charge >= 0.3 is 0 Å². The molecule has 2 aromatic heterocycles. The Balaban J connectivity index is 1.40. The first-order valence-electron chi connectivity index (χ1n) is 8.66. The van der Waals surface area contributed by atoms with Crippen LogP contribution in [0.2, 0.25) is 0 Å². The zero-order chi connectivity index (χ0) is 20.1. The second-order valence-corrected chi connectivity index (χ2v) is 6.81. The van der Waals surface area contributed by atoms with Gasteiger partial charge in [-0.3, -0.25) is 0 Å². The Bertz CT molecular complexity index is 1080. The summed E-state index contributed by atoms with van der Waals surface area (Å²) in [6.45, 7) is 0.180. The molecule has 29 heavy (non-hydrogen) atoms. The van der Waals surface area contributed by atoms with E-state index in [-0.39, 0.29) is 6.61 Å². The number of rotatable bonds is 8. The van der Waals surface area contributed by atoms with Crippen LogP contribution in [0.25, 0.3) is 5.69 Å². The van der Waals surface area contributed by atoms with Crippen LogP contribution in [0.5, 0.6) is 11.5 Å². The van der Waals surface area contributed by atoms with Crippen LogP contribution < -0.4 is 15.3 Å². The highest BCUT2D eigenvalue weighted by atomic mass is 32.2. The molecule has 0 aliphatic rings. The largest absolute Gasteiger partial charge is 0.497 e. The van der Waals surface area contributed by atoms with Gasteiger partial charge in [0.15, 0.2) is 11.6 Å². The third-order valence-electron chi connectivity index (χ3n) is 4.01. The molecular weight excluding hydrogens is 392 g/mol. The molecule has 0 saturated carbocycles. The normalized spacial score (nSPS) is 10.8. The van der Waals surface area contributed by atoms with Crippen molar-refractivity contribution in [3.63, 3.8) is 0 Å². The van der Waals surface area contributed by atoms with E-state index in [1.54, 1.807) is 17.9 Å². The Morgan fingerprint density at radius 3 is 2.62 bits per heavy atom. The summed E-state index contributed by atoms with van der Waals surface area (Å²) in [4.78, 5) is 0. The van der Waals surface area contributed by atoms with Crippen molar-refractivity contribution in [2.75, 3.05) is 13.0 Å². The smallest absolute Gasteiger partial charge is 0.210 e. The second kappa shape index (κ2) is 8.61. The number of hydrogen-bond acceptors (Lipinski definition) is 9. The first kappa shape index (κ1) is 18.7. The lowest BCUT2D eigenvalue weighted by Gasteiger charge is -2.07. The summed E-state index contributed by atoms with van der Waals surface area (Å²) in [5.74, 6) is 9.15. The average molecular weight is 410 g/mol. The van der Waals surface area contributed by atoms with E-state index < -0.39 is 0 Å². The highest BCUT2D eigenvalue weighted by molar-refractivity contribution is 7.98. The van der Waals surface area contributed by atoms with Gasteiger partial charge in [-0.2, -0.15) is 4.68 Å². The summed E-state index contributed by atoms with van der Waals surface area (Å²) in [5.41, 5.74) is 0.884. The SMILES string of the molecule is COc1cccc(OCc2nnc(SCc3nnnn3-c3ccccc3)n2N)c1. The lowest BCUT2D eigenvalue weighted by Crippen LogP contribution is -2.16. The van der Waals surface area contributed by atoms with Gasteiger partial charge in [-0.25, -0.2) is 4.68 Å². The van der Waals surface area contributed by atoms with Gasteiger partial charge in [0, 0.05) is 6.07 Å². The molecule has 0 amide bonds. The molecule has 0 radical (unpaired) electrons. The topological polar surface area (TPSA) is 119 Å². The number of nitrogens with two attached hydrogens (primary N) is 1. The minimum absolute atomic E-state index is 0.180. The van der Waals surface area contributed by atoms with Crippen molar-refractivity contribution in [3.05, 3.63) is 66.2 Å². The molecule has 0 spiro atoms. The lowest BCUT2D eigenvalue weighted by atomic mass is 10.3. The Morgan fingerprint density at radius 1 is 0.966 bits per heavy atom.